The minimum Gasteiger partial charge on any atom is -0.310 e. The van der Waals surface area contributed by atoms with Crippen molar-refractivity contribution in [1.29, 1.82) is 0 Å². The Labute approximate surface area is 133 Å². The lowest BCUT2D eigenvalue weighted by Crippen LogP contribution is -2.16. The first-order valence-corrected chi connectivity index (χ1v) is 8.00. The number of nitrogens with zero attached hydrogens (tertiary/aromatic N) is 1. The van der Waals surface area contributed by atoms with E-state index in [1.165, 1.54) is 17.4 Å². The fraction of sp³-hybridized carbons (Fsp3) is 0.357. The van der Waals surface area contributed by atoms with Gasteiger partial charge >= 0.3 is 6.18 Å². The lowest BCUT2D eigenvalue weighted by molar-refractivity contribution is -0.137. The maximum absolute atomic E-state index is 13.1. The van der Waals surface area contributed by atoms with Gasteiger partial charge in [-0.1, -0.05) is 28.9 Å². The largest absolute Gasteiger partial charge is 0.417 e. The summed E-state index contributed by atoms with van der Waals surface area (Å²) < 4.78 is 39.8. The molecule has 0 amide bonds. The highest BCUT2D eigenvalue weighted by Gasteiger charge is 2.34. The maximum atomic E-state index is 13.1. The summed E-state index contributed by atoms with van der Waals surface area (Å²) in [7, 11) is 0. The molecule has 1 unspecified atom stereocenters. The molecule has 0 aliphatic heterocycles. The normalized spacial score (nSPS) is 13.4. The van der Waals surface area contributed by atoms with E-state index in [0.717, 1.165) is 17.5 Å². The highest BCUT2D eigenvalue weighted by atomic mass is 79.9. The number of alkyl halides is 3. The molecule has 0 fully saturated rings. The van der Waals surface area contributed by atoms with Crippen molar-refractivity contribution in [3.8, 4) is 10.6 Å². The Morgan fingerprint density at radius 3 is 2.71 bits per heavy atom. The Morgan fingerprint density at radius 1 is 1.38 bits per heavy atom. The summed E-state index contributed by atoms with van der Waals surface area (Å²) in [5, 5.41) is 3.61. The van der Waals surface area contributed by atoms with E-state index in [0.29, 0.717) is 9.48 Å². The van der Waals surface area contributed by atoms with Crippen LogP contribution in [0, 0.1) is 0 Å². The van der Waals surface area contributed by atoms with Crippen molar-refractivity contribution in [2.24, 2.45) is 0 Å². The predicted molar refractivity (Wildman–Crippen MR) is 82.3 cm³/mol. The molecule has 0 bridgehead atoms. The van der Waals surface area contributed by atoms with Crippen LogP contribution in [0.3, 0.4) is 0 Å². The number of aromatic nitrogens is 1. The van der Waals surface area contributed by atoms with Crippen LogP contribution in [-0.4, -0.2) is 11.5 Å². The van der Waals surface area contributed by atoms with Gasteiger partial charge in [-0.25, -0.2) is 4.98 Å². The van der Waals surface area contributed by atoms with E-state index in [1.807, 2.05) is 13.8 Å². The Bertz CT molecular complexity index is 625. The molecule has 0 saturated heterocycles. The molecule has 114 valence electrons. The van der Waals surface area contributed by atoms with Gasteiger partial charge in [0.2, 0.25) is 0 Å². The van der Waals surface area contributed by atoms with Crippen LogP contribution >= 0.6 is 27.3 Å². The molecule has 2 nitrogen and oxygen atoms in total. The highest BCUT2D eigenvalue weighted by Crippen LogP contribution is 2.40. The molecule has 2 rings (SSSR count). The van der Waals surface area contributed by atoms with Gasteiger partial charge in [0.1, 0.15) is 5.01 Å². The molecule has 0 aliphatic carbocycles. The minimum absolute atomic E-state index is 0.0750. The zero-order chi connectivity index (χ0) is 15.6. The third kappa shape index (κ3) is 3.84. The molecule has 1 aromatic carbocycles. The SMILES string of the molecule is CCNC(C)c1cnc(-c2ccc(Br)cc2C(F)(F)F)s1. The third-order valence-corrected chi connectivity index (χ3v) is 4.68. The molecule has 21 heavy (non-hydrogen) atoms. The first-order valence-electron chi connectivity index (χ1n) is 6.39. The van der Waals surface area contributed by atoms with Gasteiger partial charge in [-0.15, -0.1) is 11.3 Å². The molecule has 1 aromatic heterocycles. The second kappa shape index (κ2) is 6.46. The Morgan fingerprint density at radius 2 is 2.10 bits per heavy atom. The van der Waals surface area contributed by atoms with Gasteiger partial charge in [0.05, 0.1) is 5.56 Å². The number of halogens is 4. The molecule has 0 aliphatic rings. The summed E-state index contributed by atoms with van der Waals surface area (Å²) in [6, 6.07) is 4.21. The Hall–Kier alpha value is -0.920. The first-order chi connectivity index (χ1) is 9.82. The lowest BCUT2D eigenvalue weighted by atomic mass is 10.1. The van der Waals surface area contributed by atoms with Gasteiger partial charge in [-0.3, -0.25) is 0 Å². The molecule has 0 spiro atoms. The molecule has 2 aromatic rings. The third-order valence-electron chi connectivity index (χ3n) is 2.98. The number of benzene rings is 1. The zero-order valence-electron chi connectivity index (χ0n) is 11.5. The molecule has 1 heterocycles. The monoisotopic (exact) mass is 378 g/mol. The summed E-state index contributed by atoms with van der Waals surface area (Å²) >= 11 is 4.36. The van der Waals surface area contributed by atoms with Gasteiger partial charge in [0.15, 0.2) is 0 Å². The van der Waals surface area contributed by atoms with Gasteiger partial charge in [-0.05, 0) is 25.6 Å². The smallest absolute Gasteiger partial charge is 0.310 e. The molecule has 0 saturated carbocycles. The summed E-state index contributed by atoms with van der Waals surface area (Å²) in [4.78, 5) is 5.08. The molecule has 1 atom stereocenters. The first kappa shape index (κ1) is 16.5. The van der Waals surface area contributed by atoms with Crippen LogP contribution < -0.4 is 5.32 Å². The Kier molecular flexibility index (Phi) is 5.06. The van der Waals surface area contributed by atoms with Crippen LogP contribution in [0.4, 0.5) is 13.2 Å². The van der Waals surface area contributed by atoms with Crippen LogP contribution in [0.2, 0.25) is 0 Å². The topological polar surface area (TPSA) is 24.9 Å². The summed E-state index contributed by atoms with van der Waals surface area (Å²) in [5.74, 6) is 0. The quantitative estimate of drug-likeness (QED) is 0.784. The summed E-state index contributed by atoms with van der Waals surface area (Å²) in [6.07, 6.45) is -2.77. The lowest BCUT2D eigenvalue weighted by Gasteiger charge is -2.12. The molecular formula is C14H14BrF3N2S. The standard InChI is InChI=1S/C14H14BrF3N2S/c1-3-19-8(2)12-7-20-13(21-12)10-5-4-9(15)6-11(10)14(16,17)18/h4-8,19H,3H2,1-2H3. The van der Waals surface area contributed by atoms with Crippen LogP contribution in [0.1, 0.15) is 30.3 Å². The van der Waals surface area contributed by atoms with Crippen molar-refractivity contribution in [1.82, 2.24) is 10.3 Å². The van der Waals surface area contributed by atoms with E-state index in [9.17, 15) is 13.2 Å². The van der Waals surface area contributed by atoms with Gasteiger partial charge in [-0.2, -0.15) is 13.2 Å². The summed E-state index contributed by atoms with van der Waals surface area (Å²) in [5.41, 5.74) is -0.556. The number of hydrogen-bond acceptors (Lipinski definition) is 3. The van der Waals surface area contributed by atoms with E-state index in [2.05, 4.69) is 26.2 Å². The van der Waals surface area contributed by atoms with Crippen molar-refractivity contribution in [2.45, 2.75) is 26.1 Å². The van der Waals surface area contributed by atoms with E-state index in [-0.39, 0.29) is 11.6 Å². The van der Waals surface area contributed by atoms with Crippen molar-refractivity contribution in [3.05, 3.63) is 39.3 Å². The molecule has 0 radical (unpaired) electrons. The molecule has 7 heteroatoms. The fourth-order valence-corrected chi connectivity index (χ4v) is 3.30. The van der Waals surface area contributed by atoms with Crippen molar-refractivity contribution in [3.63, 3.8) is 0 Å². The van der Waals surface area contributed by atoms with E-state index in [1.54, 1.807) is 12.3 Å². The maximum Gasteiger partial charge on any atom is 0.417 e. The second-order valence-corrected chi connectivity index (χ2v) is 6.51. The fourth-order valence-electron chi connectivity index (χ4n) is 1.96. The predicted octanol–water partition coefficient (Wildman–Crippen LogP) is 5.26. The van der Waals surface area contributed by atoms with E-state index < -0.39 is 11.7 Å². The number of nitrogens with one attached hydrogen (secondary N) is 1. The van der Waals surface area contributed by atoms with E-state index in [4.69, 9.17) is 0 Å². The van der Waals surface area contributed by atoms with Crippen LogP contribution in [0.25, 0.3) is 10.6 Å². The van der Waals surface area contributed by atoms with Gasteiger partial charge in [0, 0.05) is 27.2 Å². The average molecular weight is 379 g/mol. The Balaban J connectivity index is 2.43. The number of rotatable bonds is 4. The van der Waals surface area contributed by atoms with Crippen molar-refractivity contribution >= 4 is 27.3 Å². The van der Waals surface area contributed by atoms with Crippen LogP contribution in [0.5, 0.6) is 0 Å². The zero-order valence-corrected chi connectivity index (χ0v) is 13.9. The van der Waals surface area contributed by atoms with Crippen molar-refractivity contribution in [2.75, 3.05) is 6.54 Å². The number of thiazole rings is 1. The van der Waals surface area contributed by atoms with Gasteiger partial charge in [0.25, 0.3) is 0 Å². The average Bonchev–Trinajstić information content (AvgIpc) is 2.87. The number of hydrogen-bond donors (Lipinski definition) is 1. The second-order valence-electron chi connectivity index (χ2n) is 4.53. The van der Waals surface area contributed by atoms with Crippen LogP contribution in [0.15, 0.2) is 28.9 Å². The summed E-state index contributed by atoms with van der Waals surface area (Å²) in [6.45, 7) is 4.74. The minimum atomic E-state index is -4.40. The van der Waals surface area contributed by atoms with Gasteiger partial charge < -0.3 is 5.32 Å². The van der Waals surface area contributed by atoms with Crippen molar-refractivity contribution < 1.29 is 13.2 Å². The molecular weight excluding hydrogens is 365 g/mol. The van der Waals surface area contributed by atoms with E-state index >= 15 is 0 Å². The van der Waals surface area contributed by atoms with Crippen LogP contribution in [-0.2, 0) is 6.18 Å². The highest BCUT2D eigenvalue weighted by molar-refractivity contribution is 9.10. The molecule has 1 N–H and O–H groups in total.